The molecule has 0 amide bonds. The average Bonchev–Trinajstić information content (AvgIpc) is 2.30. The van der Waals surface area contributed by atoms with Crippen LogP contribution < -0.4 is 0 Å². The zero-order chi connectivity index (χ0) is 16.0. The summed E-state index contributed by atoms with van der Waals surface area (Å²) in [5.41, 5.74) is 0. The van der Waals surface area contributed by atoms with Crippen LogP contribution in [-0.2, 0) is 42.1 Å². The molecule has 7 nitrogen and oxygen atoms in total. The van der Waals surface area contributed by atoms with Crippen molar-refractivity contribution in [2.75, 3.05) is 0 Å². The van der Waals surface area contributed by atoms with E-state index < -0.39 is 39.6 Å². The molecule has 3 N–H and O–H groups in total. The Kier molecular flexibility index (Phi) is 10.4. The summed E-state index contributed by atoms with van der Waals surface area (Å²) in [6.45, 7) is 3.72. The van der Waals surface area contributed by atoms with E-state index in [1.165, 1.54) is 0 Å². The number of hydrogen-bond acceptors (Lipinski definition) is 4. The Bertz CT molecular complexity index is 449. The Morgan fingerprint density at radius 3 is 2.00 bits per heavy atom. The van der Waals surface area contributed by atoms with Crippen molar-refractivity contribution < 1.29 is 55.2 Å². The van der Waals surface area contributed by atoms with E-state index in [1.807, 2.05) is 6.92 Å². The summed E-state index contributed by atoms with van der Waals surface area (Å²) in [6.07, 6.45) is 1.21. The van der Waals surface area contributed by atoms with Crippen molar-refractivity contribution in [3.05, 3.63) is 0 Å². The molecule has 0 saturated heterocycles. The van der Waals surface area contributed by atoms with Crippen LogP contribution in [0.2, 0.25) is 0 Å². The Hall–Kier alpha value is -0.410. The van der Waals surface area contributed by atoms with Crippen LogP contribution in [0.5, 0.6) is 0 Å². The van der Waals surface area contributed by atoms with Gasteiger partial charge in [0.15, 0.2) is 0 Å². The standard InChI is InChI=1S/C12H22O7S.Ag/c1-3-5-6-9(4-2)7-12(11(15)16,8-10(13)14)20(17,18)19;/h9H,3-8H2,1-2H3,(H,13,14)(H,15,16)(H,17,18,19);. The summed E-state index contributed by atoms with van der Waals surface area (Å²) in [5, 5.41) is 18.0. The Balaban J connectivity index is 0. The zero-order valence-corrected chi connectivity index (χ0v) is 14.3. The van der Waals surface area contributed by atoms with Crippen LogP contribution in [-0.4, -0.2) is 39.9 Å². The van der Waals surface area contributed by atoms with Gasteiger partial charge in [-0.1, -0.05) is 39.5 Å². The molecule has 0 aromatic rings. The zero-order valence-electron chi connectivity index (χ0n) is 12.0. The minimum atomic E-state index is -5.03. The largest absolute Gasteiger partial charge is 0.481 e. The van der Waals surface area contributed by atoms with Crippen molar-refractivity contribution in [2.45, 2.75) is 57.1 Å². The van der Waals surface area contributed by atoms with Crippen LogP contribution >= 0.6 is 0 Å². The second-order valence-corrected chi connectivity index (χ2v) is 6.70. The minimum Gasteiger partial charge on any atom is -0.481 e. The van der Waals surface area contributed by atoms with E-state index in [9.17, 15) is 27.7 Å². The van der Waals surface area contributed by atoms with Crippen molar-refractivity contribution in [1.82, 2.24) is 0 Å². The maximum absolute atomic E-state index is 11.5. The van der Waals surface area contributed by atoms with Gasteiger partial charge in [-0.05, 0) is 12.3 Å². The van der Waals surface area contributed by atoms with Gasteiger partial charge in [-0.2, -0.15) is 8.42 Å². The maximum atomic E-state index is 11.5. The Morgan fingerprint density at radius 2 is 1.71 bits per heavy atom. The molecule has 0 aromatic heterocycles. The summed E-state index contributed by atoms with van der Waals surface area (Å²) in [5.74, 6) is -3.67. The molecule has 0 aliphatic rings. The van der Waals surface area contributed by atoms with Gasteiger partial charge in [0.2, 0.25) is 4.75 Å². The molecular formula is C12H22AgO7S. The fourth-order valence-corrected chi connectivity index (χ4v) is 3.17. The third-order valence-corrected chi connectivity index (χ3v) is 4.96. The molecule has 9 heteroatoms. The van der Waals surface area contributed by atoms with Gasteiger partial charge in [-0.15, -0.1) is 0 Å². The van der Waals surface area contributed by atoms with Gasteiger partial charge in [-0.25, -0.2) is 0 Å². The number of rotatable bonds is 10. The molecule has 2 unspecified atom stereocenters. The van der Waals surface area contributed by atoms with E-state index in [0.717, 1.165) is 12.8 Å². The molecule has 0 aliphatic carbocycles. The fraction of sp³-hybridized carbons (Fsp3) is 0.833. The van der Waals surface area contributed by atoms with Crippen LogP contribution in [0.3, 0.4) is 0 Å². The predicted octanol–water partition coefficient (Wildman–Crippen LogP) is 1.78. The van der Waals surface area contributed by atoms with Crippen LogP contribution in [0.15, 0.2) is 0 Å². The summed E-state index contributed by atoms with van der Waals surface area (Å²) in [7, 11) is -5.03. The minimum absolute atomic E-state index is 0. The molecule has 129 valence electrons. The Labute approximate surface area is 140 Å². The van der Waals surface area contributed by atoms with Crippen molar-refractivity contribution in [1.29, 1.82) is 0 Å². The van der Waals surface area contributed by atoms with Gasteiger partial charge < -0.3 is 10.2 Å². The topological polar surface area (TPSA) is 129 Å². The van der Waals surface area contributed by atoms with E-state index in [1.54, 1.807) is 6.92 Å². The van der Waals surface area contributed by atoms with E-state index in [0.29, 0.717) is 12.8 Å². The summed E-state index contributed by atoms with van der Waals surface area (Å²) in [4.78, 5) is 22.1. The molecule has 21 heavy (non-hydrogen) atoms. The molecule has 0 aliphatic heterocycles. The maximum Gasteiger partial charge on any atom is 0.328 e. The van der Waals surface area contributed by atoms with E-state index in [2.05, 4.69) is 0 Å². The van der Waals surface area contributed by atoms with E-state index >= 15 is 0 Å². The van der Waals surface area contributed by atoms with Gasteiger partial charge >= 0.3 is 11.9 Å². The molecule has 0 aromatic carbocycles. The number of carboxylic acid groups (broad SMARTS) is 2. The third-order valence-electron chi connectivity index (χ3n) is 3.48. The monoisotopic (exact) mass is 417 g/mol. The number of carboxylic acids is 2. The summed E-state index contributed by atoms with van der Waals surface area (Å²) in [6, 6.07) is 0. The second-order valence-electron chi connectivity index (χ2n) is 4.97. The molecule has 1 radical (unpaired) electrons. The molecule has 0 spiro atoms. The van der Waals surface area contributed by atoms with Gasteiger partial charge in [-0.3, -0.25) is 14.1 Å². The normalized spacial score (nSPS) is 15.6. The first-order chi connectivity index (χ1) is 9.10. The first-order valence-electron chi connectivity index (χ1n) is 6.53. The van der Waals surface area contributed by atoms with Crippen molar-refractivity contribution in [3.63, 3.8) is 0 Å². The van der Waals surface area contributed by atoms with Gasteiger partial charge in [0, 0.05) is 22.4 Å². The molecule has 0 heterocycles. The van der Waals surface area contributed by atoms with Gasteiger partial charge in [0.1, 0.15) is 0 Å². The smallest absolute Gasteiger partial charge is 0.328 e. The molecular weight excluding hydrogens is 396 g/mol. The van der Waals surface area contributed by atoms with Crippen LogP contribution in [0.1, 0.15) is 52.4 Å². The van der Waals surface area contributed by atoms with Crippen molar-refractivity contribution in [3.8, 4) is 0 Å². The van der Waals surface area contributed by atoms with E-state index in [-0.39, 0.29) is 28.3 Å². The van der Waals surface area contributed by atoms with Gasteiger partial charge in [0.25, 0.3) is 10.1 Å². The quantitative estimate of drug-likeness (QED) is 0.364. The SMILES string of the molecule is CCCCC(CC)CC(CC(=O)O)(C(=O)O)S(=O)(=O)O.[Ag]. The van der Waals surface area contributed by atoms with Crippen LogP contribution in [0.25, 0.3) is 0 Å². The number of carbonyl (C=O) groups is 2. The Morgan fingerprint density at radius 1 is 1.19 bits per heavy atom. The molecule has 2 atom stereocenters. The molecule has 0 bridgehead atoms. The third kappa shape index (κ3) is 6.48. The second kappa shape index (κ2) is 9.58. The number of hydrogen-bond donors (Lipinski definition) is 3. The number of aliphatic carboxylic acids is 2. The van der Waals surface area contributed by atoms with Crippen LogP contribution in [0, 0.1) is 5.92 Å². The predicted molar refractivity (Wildman–Crippen MR) is 72.1 cm³/mol. The van der Waals surface area contributed by atoms with Crippen molar-refractivity contribution in [2.24, 2.45) is 5.92 Å². The van der Waals surface area contributed by atoms with Crippen LogP contribution in [0.4, 0.5) is 0 Å². The van der Waals surface area contributed by atoms with E-state index in [4.69, 9.17) is 5.11 Å². The van der Waals surface area contributed by atoms with Crippen molar-refractivity contribution >= 4 is 22.1 Å². The fourth-order valence-electron chi connectivity index (χ4n) is 2.20. The summed E-state index contributed by atoms with van der Waals surface area (Å²) >= 11 is 0. The number of unbranched alkanes of at least 4 members (excludes halogenated alkanes) is 1. The molecule has 0 fully saturated rings. The first kappa shape index (κ1) is 22.9. The first-order valence-corrected chi connectivity index (χ1v) is 7.97. The van der Waals surface area contributed by atoms with Gasteiger partial charge in [0.05, 0.1) is 6.42 Å². The molecule has 0 saturated carbocycles. The summed E-state index contributed by atoms with van der Waals surface area (Å²) < 4.78 is 29.5. The average molecular weight is 418 g/mol. The molecule has 0 rings (SSSR count).